The van der Waals surface area contributed by atoms with E-state index in [9.17, 15) is 10.2 Å². The predicted molar refractivity (Wildman–Crippen MR) is 121 cm³/mol. The van der Waals surface area contributed by atoms with Crippen LogP contribution in [-0.2, 0) is 4.74 Å². The molecule has 2 aliphatic heterocycles. The molecular formula is C27H45NO3. The van der Waals surface area contributed by atoms with Gasteiger partial charge in [0.15, 0.2) is 5.79 Å². The van der Waals surface area contributed by atoms with Crippen LogP contribution in [0.25, 0.3) is 0 Å². The fourth-order valence-electron chi connectivity index (χ4n) is 10.7. The molecule has 0 aromatic rings. The Hall–Kier alpha value is -0.160. The van der Waals surface area contributed by atoms with Crippen molar-refractivity contribution in [3.05, 3.63) is 0 Å². The highest BCUT2D eigenvalue weighted by Crippen LogP contribution is 2.70. The van der Waals surface area contributed by atoms with Crippen molar-refractivity contribution in [1.82, 2.24) is 5.32 Å². The predicted octanol–water partition coefficient (Wildman–Crippen LogP) is 4.34. The average Bonchev–Trinajstić information content (AvgIpc) is 2.99. The number of hydrogen-bond acceptors (Lipinski definition) is 4. The van der Waals surface area contributed by atoms with E-state index in [1.165, 1.54) is 32.1 Å². The van der Waals surface area contributed by atoms with Crippen molar-refractivity contribution in [2.24, 2.45) is 52.3 Å². The first kappa shape index (κ1) is 21.4. The first-order chi connectivity index (χ1) is 14.7. The van der Waals surface area contributed by atoms with Crippen LogP contribution in [0.2, 0.25) is 0 Å². The van der Waals surface area contributed by atoms with Gasteiger partial charge in [0.05, 0.1) is 18.2 Å². The number of fused-ring (bicyclic) bond motifs is 8. The summed E-state index contributed by atoms with van der Waals surface area (Å²) in [6.07, 6.45) is 10.7. The maximum absolute atomic E-state index is 11.5. The Bertz CT molecular complexity index is 729. The van der Waals surface area contributed by atoms with Gasteiger partial charge in [-0.1, -0.05) is 27.7 Å². The third kappa shape index (κ3) is 2.87. The lowest BCUT2D eigenvalue weighted by Gasteiger charge is -2.62. The summed E-state index contributed by atoms with van der Waals surface area (Å²) < 4.78 is 6.69. The molecule has 0 aromatic carbocycles. The van der Waals surface area contributed by atoms with E-state index in [-0.39, 0.29) is 18.2 Å². The summed E-state index contributed by atoms with van der Waals surface area (Å²) in [5.41, 5.74) is 0.765. The van der Waals surface area contributed by atoms with Gasteiger partial charge in [0.25, 0.3) is 0 Å². The lowest BCUT2D eigenvalue weighted by Crippen LogP contribution is -2.68. The van der Waals surface area contributed by atoms with Gasteiger partial charge < -0.3 is 20.3 Å². The standard InChI is InChI=1S/C27H45NO3/c1-15-13-27(30)24(28-14-15)16(2)23-22(31-27)12-21-19-6-5-17-11-18(29)7-9-25(17,3)20(19)8-10-26(21,23)4/h15-24,28-30H,5-14H2,1-4H3/t15-,16+,17+,18-,19+,20-,21-,22-,23-,24-,25-,26-,27+/m0/s1. The first-order valence-electron chi connectivity index (χ1n) is 13.5. The zero-order valence-electron chi connectivity index (χ0n) is 20.1. The van der Waals surface area contributed by atoms with Gasteiger partial charge in [0, 0.05) is 6.42 Å². The molecule has 4 heteroatoms. The van der Waals surface area contributed by atoms with Crippen LogP contribution in [0.15, 0.2) is 0 Å². The van der Waals surface area contributed by atoms with Crippen LogP contribution in [0.5, 0.6) is 0 Å². The van der Waals surface area contributed by atoms with Gasteiger partial charge in [-0.3, -0.25) is 0 Å². The minimum Gasteiger partial charge on any atom is -0.393 e. The fourth-order valence-corrected chi connectivity index (χ4v) is 10.7. The van der Waals surface area contributed by atoms with Crippen molar-refractivity contribution in [3.8, 4) is 0 Å². The zero-order valence-corrected chi connectivity index (χ0v) is 20.1. The zero-order chi connectivity index (χ0) is 21.8. The monoisotopic (exact) mass is 431 g/mol. The maximum atomic E-state index is 11.5. The summed E-state index contributed by atoms with van der Waals surface area (Å²) in [5.74, 6) is 3.57. The van der Waals surface area contributed by atoms with E-state index in [0.717, 1.165) is 55.9 Å². The average molecular weight is 432 g/mol. The minimum atomic E-state index is -0.981. The van der Waals surface area contributed by atoms with Gasteiger partial charge in [-0.25, -0.2) is 0 Å². The number of rotatable bonds is 0. The fraction of sp³-hybridized carbons (Fsp3) is 1.00. The summed E-state index contributed by atoms with van der Waals surface area (Å²) in [6, 6.07) is 0.0753. The molecule has 6 rings (SSSR count). The highest BCUT2D eigenvalue weighted by molar-refractivity contribution is 5.15. The van der Waals surface area contributed by atoms with Crippen LogP contribution in [0.1, 0.15) is 85.5 Å². The SMILES string of the molecule is C[C@@H]1CN[C@H]2[C@H](C)[C@H]3[C@H](C[C@H]4[C@@H]5CC[C@@H]6C[C@@H](O)CC[C@]6(C)[C@H]5CC[C@]34C)O[C@]2(O)C1. The molecular weight excluding hydrogens is 386 g/mol. The number of aliphatic hydroxyl groups is 2. The van der Waals surface area contributed by atoms with Crippen molar-refractivity contribution in [2.45, 2.75) is 110 Å². The van der Waals surface area contributed by atoms with Crippen molar-refractivity contribution in [1.29, 1.82) is 0 Å². The van der Waals surface area contributed by atoms with E-state index in [2.05, 4.69) is 33.0 Å². The molecule has 0 unspecified atom stereocenters. The second-order valence-corrected chi connectivity index (χ2v) is 13.4. The first-order valence-corrected chi connectivity index (χ1v) is 13.5. The van der Waals surface area contributed by atoms with Crippen molar-refractivity contribution >= 4 is 0 Å². The maximum Gasteiger partial charge on any atom is 0.181 e. The van der Waals surface area contributed by atoms with Crippen LogP contribution in [0.3, 0.4) is 0 Å². The van der Waals surface area contributed by atoms with Crippen LogP contribution in [0.4, 0.5) is 0 Å². The molecule has 13 atom stereocenters. The molecule has 6 fully saturated rings. The molecule has 2 heterocycles. The molecule has 0 bridgehead atoms. The van der Waals surface area contributed by atoms with Gasteiger partial charge in [-0.05, 0) is 110 Å². The highest BCUT2D eigenvalue weighted by atomic mass is 16.6. The van der Waals surface area contributed by atoms with Gasteiger partial charge in [0.1, 0.15) is 0 Å². The smallest absolute Gasteiger partial charge is 0.181 e. The number of piperidine rings is 1. The Balaban J connectivity index is 1.30. The highest BCUT2D eigenvalue weighted by Gasteiger charge is 2.67. The Labute approximate surface area is 188 Å². The second kappa shape index (κ2) is 6.93. The van der Waals surface area contributed by atoms with Gasteiger partial charge in [-0.15, -0.1) is 0 Å². The van der Waals surface area contributed by atoms with Gasteiger partial charge in [0.2, 0.25) is 0 Å². The molecule has 2 saturated heterocycles. The summed E-state index contributed by atoms with van der Waals surface area (Å²) in [5, 5.41) is 25.5. The van der Waals surface area contributed by atoms with Crippen LogP contribution < -0.4 is 5.32 Å². The Kier molecular flexibility index (Phi) is 4.78. The third-order valence-corrected chi connectivity index (χ3v) is 12.0. The quantitative estimate of drug-likeness (QED) is 0.534. The molecule has 0 aromatic heterocycles. The number of aliphatic hydroxyl groups excluding tert-OH is 1. The Morgan fingerprint density at radius 1 is 0.935 bits per heavy atom. The summed E-state index contributed by atoms with van der Waals surface area (Å²) in [6.45, 7) is 10.8. The van der Waals surface area contributed by atoms with E-state index < -0.39 is 5.79 Å². The Morgan fingerprint density at radius 2 is 1.71 bits per heavy atom. The summed E-state index contributed by atoms with van der Waals surface area (Å²) in [4.78, 5) is 0. The molecule has 0 amide bonds. The van der Waals surface area contributed by atoms with Gasteiger partial charge >= 0.3 is 0 Å². The van der Waals surface area contributed by atoms with Crippen molar-refractivity contribution in [3.63, 3.8) is 0 Å². The summed E-state index contributed by atoms with van der Waals surface area (Å²) in [7, 11) is 0. The molecule has 176 valence electrons. The number of ether oxygens (including phenoxy) is 1. The van der Waals surface area contributed by atoms with Crippen LogP contribution >= 0.6 is 0 Å². The summed E-state index contributed by atoms with van der Waals surface area (Å²) >= 11 is 0. The molecule has 4 nitrogen and oxygen atoms in total. The van der Waals surface area contributed by atoms with Crippen LogP contribution in [-0.4, -0.2) is 40.8 Å². The molecule has 4 saturated carbocycles. The lowest BCUT2D eigenvalue weighted by atomic mass is 9.44. The van der Waals surface area contributed by atoms with Crippen LogP contribution in [0, 0.1) is 52.3 Å². The normalized spacial score (nSPS) is 63.3. The molecule has 6 aliphatic rings. The lowest BCUT2D eigenvalue weighted by molar-refractivity contribution is -0.311. The van der Waals surface area contributed by atoms with Crippen molar-refractivity contribution in [2.75, 3.05) is 6.54 Å². The third-order valence-electron chi connectivity index (χ3n) is 12.0. The molecule has 31 heavy (non-hydrogen) atoms. The number of nitrogens with one attached hydrogen (secondary N) is 1. The molecule has 0 radical (unpaired) electrons. The van der Waals surface area contributed by atoms with Crippen molar-refractivity contribution < 1.29 is 14.9 Å². The van der Waals surface area contributed by atoms with Gasteiger partial charge in [-0.2, -0.15) is 0 Å². The minimum absolute atomic E-state index is 0.0638. The van der Waals surface area contributed by atoms with E-state index in [0.29, 0.717) is 28.6 Å². The van der Waals surface area contributed by atoms with E-state index in [4.69, 9.17) is 4.74 Å². The van der Waals surface area contributed by atoms with E-state index >= 15 is 0 Å². The molecule has 4 aliphatic carbocycles. The molecule has 3 N–H and O–H groups in total. The molecule has 0 spiro atoms. The second-order valence-electron chi connectivity index (χ2n) is 13.4. The number of hydrogen-bond donors (Lipinski definition) is 3. The largest absolute Gasteiger partial charge is 0.393 e. The van der Waals surface area contributed by atoms with E-state index in [1.54, 1.807) is 0 Å². The Morgan fingerprint density at radius 3 is 2.52 bits per heavy atom. The topological polar surface area (TPSA) is 61.7 Å². The van der Waals surface area contributed by atoms with E-state index in [1.807, 2.05) is 0 Å².